The normalized spacial score (nSPS) is 15.4. The lowest BCUT2D eigenvalue weighted by molar-refractivity contribution is 0.679. The molecule has 2 rings (SSSR count). The Bertz CT molecular complexity index is 760. The maximum atomic E-state index is 6.33. The number of hydrogen-bond donors (Lipinski definition) is 3. The van der Waals surface area contributed by atoms with Gasteiger partial charge in [0.2, 0.25) is 0 Å². The van der Waals surface area contributed by atoms with Crippen LogP contribution in [0.4, 0.5) is 0 Å². The van der Waals surface area contributed by atoms with E-state index in [2.05, 4.69) is 62.2 Å². The van der Waals surface area contributed by atoms with Crippen LogP contribution in [0.15, 0.2) is 69.5 Å². The van der Waals surface area contributed by atoms with Crippen molar-refractivity contribution in [3.8, 4) is 0 Å². The van der Waals surface area contributed by atoms with Crippen molar-refractivity contribution in [3.05, 3.63) is 65.1 Å². The molecule has 0 amide bonds. The smallest absolute Gasteiger partial charge is 0.130 e. The molecule has 4 N–H and O–H groups in total. The summed E-state index contributed by atoms with van der Waals surface area (Å²) < 4.78 is 0. The number of nitrogens with one attached hydrogen (secondary N) is 2. The van der Waals surface area contributed by atoms with Crippen LogP contribution in [0.5, 0.6) is 0 Å². The zero-order valence-electron chi connectivity index (χ0n) is 18.2. The van der Waals surface area contributed by atoms with Crippen molar-refractivity contribution in [2.24, 2.45) is 10.7 Å². The number of amidine groups is 1. The zero-order valence-corrected chi connectivity index (χ0v) is 19.0. The fourth-order valence-electron chi connectivity index (χ4n) is 3.19. The quantitative estimate of drug-likeness (QED) is 0.161. The highest BCUT2D eigenvalue weighted by molar-refractivity contribution is 7.99. The fourth-order valence-corrected chi connectivity index (χ4v) is 3.93. The summed E-state index contributed by atoms with van der Waals surface area (Å²) in [6.07, 6.45) is 7.38. The first kappa shape index (κ1) is 23.1. The number of nitrogens with zero attached hydrogens (tertiary/aromatic N) is 1. The molecule has 0 saturated carbocycles. The molecular weight excluding hydrogens is 376 g/mol. The van der Waals surface area contributed by atoms with Crippen LogP contribution in [0.3, 0.4) is 0 Å². The zero-order chi connectivity index (χ0) is 21.1. The Morgan fingerprint density at radius 3 is 2.66 bits per heavy atom. The summed E-state index contributed by atoms with van der Waals surface area (Å²) >= 11 is 1.83. The molecule has 1 aliphatic rings. The predicted molar refractivity (Wildman–Crippen MR) is 128 cm³/mol. The Hall–Kier alpha value is -2.14. The highest BCUT2D eigenvalue weighted by atomic mass is 32.2. The predicted octanol–water partition coefficient (Wildman–Crippen LogP) is 5.28. The first-order chi connectivity index (χ1) is 14.0. The van der Waals surface area contributed by atoms with E-state index in [-0.39, 0.29) is 0 Å². The van der Waals surface area contributed by atoms with Gasteiger partial charge in [0, 0.05) is 39.9 Å². The molecule has 1 aromatic rings. The van der Waals surface area contributed by atoms with Crippen molar-refractivity contribution in [1.29, 1.82) is 0 Å². The second kappa shape index (κ2) is 12.4. The van der Waals surface area contributed by atoms with Gasteiger partial charge >= 0.3 is 0 Å². The molecule has 1 aromatic carbocycles. The summed E-state index contributed by atoms with van der Waals surface area (Å²) in [5.74, 6) is 1.82. The molecule has 0 fully saturated rings. The Balaban J connectivity index is 2.03. The van der Waals surface area contributed by atoms with Crippen LogP contribution < -0.4 is 16.4 Å². The molecule has 0 spiro atoms. The summed E-state index contributed by atoms with van der Waals surface area (Å²) in [4.78, 5) is 6.16. The third-order valence-corrected chi connectivity index (χ3v) is 5.76. The average Bonchev–Trinajstić information content (AvgIpc) is 2.70. The van der Waals surface area contributed by atoms with Gasteiger partial charge in [0.25, 0.3) is 0 Å². The molecule has 0 radical (unpaired) electrons. The van der Waals surface area contributed by atoms with Crippen LogP contribution in [0.25, 0.3) is 0 Å². The monoisotopic (exact) mass is 412 g/mol. The first-order valence-electron chi connectivity index (χ1n) is 10.6. The van der Waals surface area contributed by atoms with Crippen LogP contribution in [0, 0.1) is 6.92 Å². The minimum Gasteiger partial charge on any atom is -0.402 e. The van der Waals surface area contributed by atoms with Gasteiger partial charge in [-0.05, 0) is 64.2 Å². The van der Waals surface area contributed by atoms with Crippen molar-refractivity contribution < 1.29 is 0 Å². The molecule has 0 aliphatic heterocycles. The summed E-state index contributed by atoms with van der Waals surface area (Å²) in [5.41, 5.74) is 11.7. The van der Waals surface area contributed by atoms with Gasteiger partial charge in [-0.15, -0.1) is 11.8 Å². The van der Waals surface area contributed by atoms with E-state index in [9.17, 15) is 0 Å². The van der Waals surface area contributed by atoms with E-state index in [0.717, 1.165) is 79.4 Å². The first-order valence-corrected chi connectivity index (χ1v) is 11.6. The van der Waals surface area contributed by atoms with Crippen LogP contribution in [0.1, 0.15) is 51.5 Å². The number of benzene rings is 1. The molecule has 0 unspecified atom stereocenters. The number of thioether (sulfide) groups is 1. The fraction of sp³-hybridized carbons (Fsp3) is 0.458. The minimum atomic E-state index is 0.738. The molecule has 158 valence electrons. The molecule has 0 heterocycles. The molecule has 1 aliphatic carbocycles. The van der Waals surface area contributed by atoms with Crippen LogP contribution >= 0.6 is 11.8 Å². The lowest BCUT2D eigenvalue weighted by Crippen LogP contribution is -2.28. The van der Waals surface area contributed by atoms with Gasteiger partial charge < -0.3 is 16.4 Å². The number of hydrogen-bond acceptors (Lipinski definition) is 4. The summed E-state index contributed by atoms with van der Waals surface area (Å²) in [6, 6.07) is 8.64. The van der Waals surface area contributed by atoms with E-state index in [1.54, 1.807) is 0 Å². The van der Waals surface area contributed by atoms with Crippen molar-refractivity contribution in [2.75, 3.05) is 18.8 Å². The average molecular weight is 413 g/mol. The Morgan fingerprint density at radius 1 is 1.24 bits per heavy atom. The lowest BCUT2D eigenvalue weighted by Gasteiger charge is -2.20. The number of nitrogens with two attached hydrogens (primary N) is 1. The molecule has 0 aromatic heterocycles. The third kappa shape index (κ3) is 8.40. The maximum Gasteiger partial charge on any atom is 0.130 e. The van der Waals surface area contributed by atoms with Gasteiger partial charge in [-0.2, -0.15) is 0 Å². The standard InChI is InChI=1S/C24H36N4S/c1-5-14-26-19(3)17-20(4)28-24(22-8-6-7-9-23(22)25)27-15-16-29-21-12-10-18(2)11-13-21/h10-13,17,26H,4-9,14-16,25H2,1-3H3,(H,27,28)/b19-17-. The number of allylic oxidation sites excluding steroid dienone is 3. The molecule has 5 heteroatoms. The van der Waals surface area contributed by atoms with Gasteiger partial charge in [0.15, 0.2) is 0 Å². The third-order valence-electron chi connectivity index (χ3n) is 4.77. The lowest BCUT2D eigenvalue weighted by atomic mass is 9.95. The topological polar surface area (TPSA) is 62.4 Å². The second-order valence-electron chi connectivity index (χ2n) is 7.51. The van der Waals surface area contributed by atoms with Gasteiger partial charge in [-0.3, -0.25) is 4.99 Å². The molecule has 29 heavy (non-hydrogen) atoms. The van der Waals surface area contributed by atoms with Crippen molar-refractivity contribution in [1.82, 2.24) is 10.6 Å². The molecule has 4 nitrogen and oxygen atoms in total. The summed E-state index contributed by atoms with van der Waals surface area (Å²) in [6.45, 7) is 12.2. The maximum absolute atomic E-state index is 6.33. The number of aryl methyl sites for hydroxylation is 1. The van der Waals surface area contributed by atoms with Crippen molar-refractivity contribution in [2.45, 2.75) is 57.8 Å². The van der Waals surface area contributed by atoms with Gasteiger partial charge in [-0.25, -0.2) is 0 Å². The Kier molecular flexibility index (Phi) is 9.92. The van der Waals surface area contributed by atoms with E-state index >= 15 is 0 Å². The number of aliphatic imine (C=N–C) groups is 1. The number of rotatable bonds is 10. The largest absolute Gasteiger partial charge is 0.402 e. The van der Waals surface area contributed by atoms with E-state index in [1.807, 2.05) is 17.8 Å². The minimum absolute atomic E-state index is 0.738. The van der Waals surface area contributed by atoms with Crippen LogP contribution in [-0.2, 0) is 0 Å². The van der Waals surface area contributed by atoms with Gasteiger partial charge in [-0.1, -0.05) is 31.2 Å². The SMILES string of the molecule is C=C(/C=C(/C)NCCC)NC(=NCCSc1ccc(C)cc1)C1=C(N)CCCC1. The highest BCUT2D eigenvalue weighted by Gasteiger charge is 2.16. The Labute approximate surface area is 180 Å². The van der Waals surface area contributed by atoms with E-state index in [1.165, 1.54) is 10.5 Å². The molecule has 0 bridgehead atoms. The highest BCUT2D eigenvalue weighted by Crippen LogP contribution is 2.23. The Morgan fingerprint density at radius 2 is 1.97 bits per heavy atom. The van der Waals surface area contributed by atoms with Crippen molar-refractivity contribution >= 4 is 17.6 Å². The van der Waals surface area contributed by atoms with E-state index in [4.69, 9.17) is 10.7 Å². The van der Waals surface area contributed by atoms with Crippen LogP contribution in [0.2, 0.25) is 0 Å². The summed E-state index contributed by atoms with van der Waals surface area (Å²) in [5, 5.41) is 6.80. The summed E-state index contributed by atoms with van der Waals surface area (Å²) in [7, 11) is 0. The molecule has 0 atom stereocenters. The van der Waals surface area contributed by atoms with Crippen molar-refractivity contribution in [3.63, 3.8) is 0 Å². The van der Waals surface area contributed by atoms with Gasteiger partial charge in [0.1, 0.15) is 5.84 Å². The second-order valence-corrected chi connectivity index (χ2v) is 8.68. The molecule has 0 saturated heterocycles. The van der Waals surface area contributed by atoms with E-state index in [0.29, 0.717) is 0 Å². The molecular formula is C24H36N4S. The van der Waals surface area contributed by atoms with Crippen LogP contribution in [-0.4, -0.2) is 24.7 Å². The van der Waals surface area contributed by atoms with E-state index < -0.39 is 0 Å². The van der Waals surface area contributed by atoms with Gasteiger partial charge in [0.05, 0.1) is 6.54 Å².